The molecule has 2 atom stereocenters. The highest BCUT2D eigenvalue weighted by molar-refractivity contribution is 7.89. The van der Waals surface area contributed by atoms with Crippen molar-refractivity contribution < 1.29 is 17.6 Å². The number of anilines is 1. The first kappa shape index (κ1) is 26.0. The minimum Gasteiger partial charge on any atom is -0.326 e. The summed E-state index contributed by atoms with van der Waals surface area (Å²) < 4.78 is 44.7. The fourth-order valence-corrected chi connectivity index (χ4v) is 7.74. The second kappa shape index (κ2) is 9.71. The standard InChI is InChI=1S/C30H33FN4O3S/c1-20(36)33-26-9-13-28(14-10-26)39(37,38)34(18-21-3-4-21)19-24-6-5-23-15-29-22(16-30(23,24)2)17-32-35(29)27-11-7-25(31)8-12-27/h7-15,17,21,24H,3-6,16,18-19H2,1-2H3,(H,33,36)/t24-,30+/m1/s1. The number of amides is 1. The summed E-state index contributed by atoms with van der Waals surface area (Å²) in [5, 5.41) is 7.31. The fraction of sp³-hybridized carbons (Fsp3) is 0.400. The first-order chi connectivity index (χ1) is 18.6. The number of nitrogens with one attached hydrogen (secondary N) is 1. The zero-order chi connectivity index (χ0) is 27.4. The van der Waals surface area contributed by atoms with Gasteiger partial charge in [-0.2, -0.15) is 9.40 Å². The lowest BCUT2D eigenvalue weighted by molar-refractivity contribution is -0.114. The van der Waals surface area contributed by atoms with E-state index in [-0.39, 0.29) is 28.0 Å². The summed E-state index contributed by atoms with van der Waals surface area (Å²) in [5.41, 5.74) is 4.72. The van der Waals surface area contributed by atoms with Crippen molar-refractivity contribution in [2.45, 2.75) is 50.8 Å². The molecule has 9 heteroatoms. The molecule has 0 unspecified atom stereocenters. The van der Waals surface area contributed by atoms with E-state index in [1.165, 1.54) is 24.6 Å². The van der Waals surface area contributed by atoms with E-state index in [1.807, 2.05) is 10.9 Å². The molecule has 1 N–H and O–H groups in total. The van der Waals surface area contributed by atoms with Crippen molar-refractivity contribution in [1.82, 2.24) is 14.1 Å². The Hall–Kier alpha value is -3.30. The fourth-order valence-electron chi connectivity index (χ4n) is 6.18. The van der Waals surface area contributed by atoms with Gasteiger partial charge < -0.3 is 5.32 Å². The maximum absolute atomic E-state index is 13.8. The third-order valence-electron chi connectivity index (χ3n) is 8.62. The van der Waals surface area contributed by atoms with Crippen LogP contribution >= 0.6 is 0 Å². The first-order valence-corrected chi connectivity index (χ1v) is 15.0. The molecule has 39 heavy (non-hydrogen) atoms. The van der Waals surface area contributed by atoms with Crippen molar-refractivity contribution >= 4 is 27.7 Å². The number of halogens is 1. The minimum atomic E-state index is -3.70. The molecule has 2 saturated carbocycles. The average molecular weight is 549 g/mol. The Kier molecular flexibility index (Phi) is 6.46. The Labute approximate surface area is 228 Å². The van der Waals surface area contributed by atoms with Gasteiger partial charge in [0.05, 0.1) is 22.5 Å². The van der Waals surface area contributed by atoms with Gasteiger partial charge in [0, 0.05) is 25.7 Å². The number of aromatic nitrogens is 2. The molecular formula is C30H33FN4O3S. The van der Waals surface area contributed by atoms with Crippen molar-refractivity contribution in [3.8, 4) is 5.69 Å². The van der Waals surface area contributed by atoms with Crippen LogP contribution in [-0.2, 0) is 21.2 Å². The highest BCUT2D eigenvalue weighted by atomic mass is 32.2. The molecule has 0 saturated heterocycles. The van der Waals surface area contributed by atoms with E-state index in [1.54, 1.807) is 40.7 Å². The number of sulfonamides is 1. The van der Waals surface area contributed by atoms with Crippen LogP contribution in [0.5, 0.6) is 0 Å². The molecular weight excluding hydrogens is 515 g/mol. The third kappa shape index (κ3) is 4.94. The van der Waals surface area contributed by atoms with Crippen LogP contribution in [0.1, 0.15) is 50.8 Å². The number of carbonyl (C=O) groups is 1. The molecule has 1 heterocycles. The molecule has 2 aromatic carbocycles. The molecule has 3 aliphatic carbocycles. The van der Waals surface area contributed by atoms with Crippen LogP contribution in [0.15, 0.2) is 65.2 Å². The van der Waals surface area contributed by atoms with Crippen molar-refractivity contribution in [2.24, 2.45) is 17.3 Å². The third-order valence-corrected chi connectivity index (χ3v) is 10.5. The van der Waals surface area contributed by atoms with Gasteiger partial charge in [0.25, 0.3) is 0 Å². The lowest BCUT2D eigenvalue weighted by atomic mass is 9.70. The normalized spacial score (nSPS) is 22.4. The van der Waals surface area contributed by atoms with Crippen LogP contribution in [0.2, 0.25) is 0 Å². The summed E-state index contributed by atoms with van der Waals surface area (Å²) in [6, 6.07) is 12.8. The van der Waals surface area contributed by atoms with E-state index in [9.17, 15) is 17.6 Å². The van der Waals surface area contributed by atoms with Gasteiger partial charge in [0.15, 0.2) is 0 Å². The Morgan fingerprint density at radius 2 is 1.82 bits per heavy atom. The number of rotatable bonds is 8. The van der Waals surface area contributed by atoms with E-state index in [4.69, 9.17) is 0 Å². The van der Waals surface area contributed by atoms with Gasteiger partial charge >= 0.3 is 0 Å². The molecule has 0 aliphatic heterocycles. The summed E-state index contributed by atoms with van der Waals surface area (Å²) in [5.74, 6) is 0.115. The van der Waals surface area contributed by atoms with E-state index in [0.717, 1.165) is 49.0 Å². The number of hydrogen-bond donors (Lipinski definition) is 1. The van der Waals surface area contributed by atoms with Gasteiger partial charge in [0.2, 0.25) is 15.9 Å². The van der Waals surface area contributed by atoms with Crippen LogP contribution in [0.4, 0.5) is 10.1 Å². The molecule has 3 aliphatic rings. The maximum atomic E-state index is 13.8. The molecule has 204 valence electrons. The predicted octanol–water partition coefficient (Wildman–Crippen LogP) is 5.43. The number of fused-ring (bicyclic) bond motifs is 2. The molecule has 2 fully saturated rings. The van der Waals surface area contributed by atoms with Gasteiger partial charge in [-0.25, -0.2) is 17.5 Å². The molecule has 1 aromatic heterocycles. The van der Waals surface area contributed by atoms with Crippen LogP contribution in [-0.4, -0.2) is 41.5 Å². The Balaban J connectivity index is 1.26. The molecule has 1 amide bonds. The van der Waals surface area contributed by atoms with Crippen LogP contribution in [0, 0.1) is 23.1 Å². The number of nitrogens with zero attached hydrogens (tertiary/aromatic N) is 3. The quantitative estimate of drug-likeness (QED) is 0.407. The topological polar surface area (TPSA) is 84.3 Å². The summed E-state index contributed by atoms with van der Waals surface area (Å²) in [7, 11) is -3.70. The lowest BCUT2D eigenvalue weighted by Gasteiger charge is -2.38. The number of benzene rings is 2. The van der Waals surface area contributed by atoms with Gasteiger partial charge in [-0.05, 0) is 110 Å². The smallest absolute Gasteiger partial charge is 0.243 e. The van der Waals surface area contributed by atoms with Gasteiger partial charge in [0.1, 0.15) is 5.82 Å². The second-order valence-electron chi connectivity index (χ2n) is 11.4. The highest BCUT2D eigenvalue weighted by Crippen LogP contribution is 2.53. The summed E-state index contributed by atoms with van der Waals surface area (Å²) in [6.45, 7) is 4.70. The summed E-state index contributed by atoms with van der Waals surface area (Å²) >= 11 is 0. The average Bonchev–Trinajstić information content (AvgIpc) is 3.55. The lowest BCUT2D eigenvalue weighted by Crippen LogP contribution is -2.41. The molecule has 0 radical (unpaired) electrons. The Morgan fingerprint density at radius 1 is 1.10 bits per heavy atom. The predicted molar refractivity (Wildman–Crippen MR) is 148 cm³/mol. The van der Waals surface area contributed by atoms with E-state index in [0.29, 0.717) is 24.7 Å². The zero-order valence-corrected chi connectivity index (χ0v) is 23.0. The number of allylic oxidation sites excluding steroid dienone is 1. The zero-order valence-electron chi connectivity index (χ0n) is 22.2. The first-order valence-electron chi connectivity index (χ1n) is 13.6. The van der Waals surface area contributed by atoms with E-state index >= 15 is 0 Å². The van der Waals surface area contributed by atoms with Crippen LogP contribution < -0.4 is 5.32 Å². The van der Waals surface area contributed by atoms with Crippen LogP contribution in [0.3, 0.4) is 0 Å². The van der Waals surface area contributed by atoms with E-state index in [2.05, 4.69) is 23.4 Å². The molecule has 7 nitrogen and oxygen atoms in total. The van der Waals surface area contributed by atoms with Gasteiger partial charge in [-0.1, -0.05) is 12.5 Å². The largest absolute Gasteiger partial charge is 0.326 e. The SMILES string of the molecule is CC(=O)Nc1ccc(S(=O)(=O)N(CC2CC2)C[C@H]2CCC3=Cc4c(cnn4-c4ccc(F)cc4)C[C@@]32C)cc1. The molecule has 0 bridgehead atoms. The molecule has 6 rings (SSSR count). The summed E-state index contributed by atoms with van der Waals surface area (Å²) in [6.07, 6.45) is 8.87. The van der Waals surface area contributed by atoms with Gasteiger partial charge in [-0.3, -0.25) is 4.79 Å². The number of carbonyl (C=O) groups excluding carboxylic acids is 1. The Bertz CT molecular complexity index is 1540. The Morgan fingerprint density at radius 3 is 2.49 bits per heavy atom. The summed E-state index contributed by atoms with van der Waals surface area (Å²) in [4.78, 5) is 11.6. The van der Waals surface area contributed by atoms with Gasteiger partial charge in [-0.15, -0.1) is 0 Å². The number of hydrogen-bond acceptors (Lipinski definition) is 4. The maximum Gasteiger partial charge on any atom is 0.243 e. The highest BCUT2D eigenvalue weighted by Gasteiger charge is 2.47. The molecule has 3 aromatic rings. The minimum absolute atomic E-state index is 0.157. The van der Waals surface area contributed by atoms with Crippen molar-refractivity contribution in [3.05, 3.63) is 77.4 Å². The van der Waals surface area contributed by atoms with Crippen LogP contribution in [0.25, 0.3) is 11.8 Å². The monoisotopic (exact) mass is 548 g/mol. The molecule has 0 spiro atoms. The van der Waals surface area contributed by atoms with E-state index < -0.39 is 10.0 Å². The van der Waals surface area contributed by atoms with Crippen molar-refractivity contribution in [2.75, 3.05) is 18.4 Å². The van der Waals surface area contributed by atoms with Crippen molar-refractivity contribution in [3.63, 3.8) is 0 Å². The van der Waals surface area contributed by atoms with Crippen molar-refractivity contribution in [1.29, 1.82) is 0 Å². The second-order valence-corrected chi connectivity index (χ2v) is 13.4.